The summed E-state index contributed by atoms with van der Waals surface area (Å²) in [5, 5.41) is 3.96. The molecule has 4 heteroatoms. The van der Waals surface area contributed by atoms with Gasteiger partial charge in [-0.3, -0.25) is 4.79 Å². The summed E-state index contributed by atoms with van der Waals surface area (Å²) in [4.78, 5) is 11.8. The fourth-order valence-corrected chi connectivity index (χ4v) is 1.82. The molecule has 0 aromatic heterocycles. The number of hydrogen-bond donors (Lipinski definition) is 1. The third-order valence-corrected chi connectivity index (χ3v) is 3.19. The van der Waals surface area contributed by atoms with Gasteiger partial charge in [0.15, 0.2) is 0 Å². The van der Waals surface area contributed by atoms with Gasteiger partial charge >= 0.3 is 0 Å². The van der Waals surface area contributed by atoms with Crippen molar-refractivity contribution < 1.29 is 4.79 Å². The van der Waals surface area contributed by atoms with Crippen LogP contribution < -0.4 is 5.43 Å². The second-order valence-electron chi connectivity index (χ2n) is 4.06. The Kier molecular flexibility index (Phi) is 4.47. The molecule has 2 aromatic carbocycles. The number of amides is 1. The Balaban J connectivity index is 2.01. The number of aryl methyl sites for hydroxylation is 1. The molecule has 0 spiro atoms. The topological polar surface area (TPSA) is 41.5 Å². The molecule has 2 rings (SSSR count). The molecule has 0 atom stereocenters. The first kappa shape index (κ1) is 13.5. The molecule has 0 heterocycles. The van der Waals surface area contributed by atoms with Gasteiger partial charge in [-0.2, -0.15) is 5.10 Å². The van der Waals surface area contributed by atoms with Crippen LogP contribution in [0.25, 0.3) is 0 Å². The van der Waals surface area contributed by atoms with E-state index in [-0.39, 0.29) is 5.91 Å². The molecule has 0 aliphatic heterocycles. The maximum absolute atomic E-state index is 11.8. The summed E-state index contributed by atoms with van der Waals surface area (Å²) in [6.45, 7) is 2.00. The zero-order chi connectivity index (χ0) is 13.7. The molecule has 0 bridgehead atoms. The Morgan fingerprint density at radius 1 is 1.16 bits per heavy atom. The number of hydrogen-bond acceptors (Lipinski definition) is 2. The first-order valence-electron chi connectivity index (χ1n) is 5.81. The van der Waals surface area contributed by atoms with Gasteiger partial charge in [0.25, 0.3) is 5.91 Å². The first-order chi connectivity index (χ1) is 9.16. The summed E-state index contributed by atoms with van der Waals surface area (Å²) < 4.78 is 0.937. The minimum Gasteiger partial charge on any atom is -0.267 e. The number of rotatable bonds is 3. The number of halogens is 1. The molecule has 0 aliphatic carbocycles. The van der Waals surface area contributed by atoms with Crippen molar-refractivity contribution in [3.05, 3.63) is 69.7 Å². The van der Waals surface area contributed by atoms with E-state index < -0.39 is 0 Å². The molecule has 0 radical (unpaired) electrons. The van der Waals surface area contributed by atoms with Crippen LogP contribution in [0.15, 0.2) is 58.1 Å². The van der Waals surface area contributed by atoms with Gasteiger partial charge in [0, 0.05) is 10.0 Å². The van der Waals surface area contributed by atoms with Crippen molar-refractivity contribution in [3.63, 3.8) is 0 Å². The van der Waals surface area contributed by atoms with Crippen molar-refractivity contribution >= 4 is 28.1 Å². The Morgan fingerprint density at radius 2 is 1.84 bits per heavy atom. The predicted octanol–water partition coefficient (Wildman–Crippen LogP) is 3.52. The molecule has 96 valence electrons. The van der Waals surface area contributed by atoms with Crippen LogP contribution >= 0.6 is 15.9 Å². The molecule has 2 aromatic rings. The lowest BCUT2D eigenvalue weighted by Crippen LogP contribution is -2.17. The van der Waals surface area contributed by atoms with Gasteiger partial charge in [0.05, 0.1) is 6.21 Å². The van der Waals surface area contributed by atoms with Crippen molar-refractivity contribution in [1.29, 1.82) is 0 Å². The first-order valence-corrected chi connectivity index (χ1v) is 6.61. The molecule has 0 fully saturated rings. The Bertz CT molecular complexity index is 606. The monoisotopic (exact) mass is 316 g/mol. The zero-order valence-corrected chi connectivity index (χ0v) is 12.0. The maximum Gasteiger partial charge on any atom is 0.271 e. The van der Waals surface area contributed by atoms with Gasteiger partial charge in [-0.05, 0) is 42.3 Å². The number of nitrogens with zero attached hydrogens (tertiary/aromatic N) is 1. The minimum absolute atomic E-state index is 0.225. The molecular formula is C15H13BrN2O. The smallest absolute Gasteiger partial charge is 0.267 e. The normalized spacial score (nSPS) is 10.6. The van der Waals surface area contributed by atoms with Gasteiger partial charge < -0.3 is 0 Å². The fourth-order valence-electron chi connectivity index (χ4n) is 1.56. The Labute approximate surface area is 120 Å². The second-order valence-corrected chi connectivity index (χ2v) is 4.98. The van der Waals surface area contributed by atoms with Crippen LogP contribution in [0.2, 0.25) is 0 Å². The van der Waals surface area contributed by atoms with Crippen LogP contribution in [0, 0.1) is 6.92 Å². The van der Waals surface area contributed by atoms with E-state index >= 15 is 0 Å². The molecule has 0 unspecified atom stereocenters. The van der Waals surface area contributed by atoms with Crippen LogP contribution in [0.4, 0.5) is 0 Å². The number of hydrazone groups is 1. The number of nitrogens with one attached hydrogen (secondary N) is 1. The molecule has 0 saturated heterocycles. The number of carbonyl (C=O) groups excluding carboxylic acids is 1. The van der Waals surface area contributed by atoms with Crippen molar-refractivity contribution in [1.82, 2.24) is 5.43 Å². The van der Waals surface area contributed by atoms with E-state index in [0.29, 0.717) is 5.56 Å². The summed E-state index contributed by atoms with van der Waals surface area (Å²) in [5.41, 5.74) is 5.18. The van der Waals surface area contributed by atoms with E-state index in [4.69, 9.17) is 0 Å². The van der Waals surface area contributed by atoms with Crippen molar-refractivity contribution in [2.75, 3.05) is 0 Å². The summed E-state index contributed by atoms with van der Waals surface area (Å²) >= 11 is 3.32. The Morgan fingerprint density at radius 3 is 2.53 bits per heavy atom. The highest BCUT2D eigenvalue weighted by atomic mass is 79.9. The maximum atomic E-state index is 11.8. The lowest BCUT2D eigenvalue weighted by atomic mass is 10.1. The standard InChI is InChI=1S/C15H13BrN2O/c1-11-4-2-3-5-13(11)10-17-18-15(19)12-6-8-14(16)9-7-12/h2-10H,1H3,(H,18,19). The molecule has 3 nitrogen and oxygen atoms in total. The summed E-state index contributed by atoms with van der Waals surface area (Å²) in [6, 6.07) is 15.0. The van der Waals surface area contributed by atoms with Gasteiger partial charge in [-0.25, -0.2) is 5.43 Å². The quantitative estimate of drug-likeness (QED) is 0.683. The summed E-state index contributed by atoms with van der Waals surface area (Å²) in [6.07, 6.45) is 1.64. The van der Waals surface area contributed by atoms with E-state index in [1.807, 2.05) is 43.3 Å². The largest absolute Gasteiger partial charge is 0.271 e. The predicted molar refractivity (Wildman–Crippen MR) is 80.4 cm³/mol. The Hall–Kier alpha value is -1.94. The van der Waals surface area contributed by atoms with E-state index in [2.05, 4.69) is 26.5 Å². The highest BCUT2D eigenvalue weighted by Gasteiger charge is 2.02. The van der Waals surface area contributed by atoms with Crippen LogP contribution in [-0.4, -0.2) is 12.1 Å². The fraction of sp³-hybridized carbons (Fsp3) is 0.0667. The van der Waals surface area contributed by atoms with Crippen LogP contribution in [0.5, 0.6) is 0 Å². The SMILES string of the molecule is Cc1ccccc1C=NNC(=O)c1ccc(Br)cc1. The lowest BCUT2D eigenvalue weighted by molar-refractivity contribution is 0.0955. The number of carbonyl (C=O) groups is 1. The summed E-state index contributed by atoms with van der Waals surface area (Å²) in [7, 11) is 0. The van der Waals surface area contributed by atoms with Gasteiger partial charge in [0.1, 0.15) is 0 Å². The lowest BCUT2D eigenvalue weighted by Gasteiger charge is -2.01. The van der Waals surface area contributed by atoms with Crippen LogP contribution in [-0.2, 0) is 0 Å². The number of benzene rings is 2. The van der Waals surface area contributed by atoms with Gasteiger partial charge in [0.2, 0.25) is 0 Å². The van der Waals surface area contributed by atoms with E-state index in [1.54, 1.807) is 18.3 Å². The minimum atomic E-state index is -0.225. The van der Waals surface area contributed by atoms with Gasteiger partial charge in [-0.15, -0.1) is 0 Å². The third-order valence-electron chi connectivity index (χ3n) is 2.66. The third kappa shape index (κ3) is 3.76. The molecule has 0 aliphatic rings. The summed E-state index contributed by atoms with van der Waals surface area (Å²) in [5.74, 6) is -0.225. The average Bonchev–Trinajstić information content (AvgIpc) is 2.41. The van der Waals surface area contributed by atoms with Crippen molar-refractivity contribution in [2.45, 2.75) is 6.92 Å². The van der Waals surface area contributed by atoms with E-state index in [1.165, 1.54) is 0 Å². The molecule has 19 heavy (non-hydrogen) atoms. The second kappa shape index (κ2) is 6.29. The molecule has 0 saturated carbocycles. The van der Waals surface area contributed by atoms with E-state index in [9.17, 15) is 4.79 Å². The van der Waals surface area contributed by atoms with Crippen molar-refractivity contribution in [3.8, 4) is 0 Å². The average molecular weight is 317 g/mol. The van der Waals surface area contributed by atoms with Crippen LogP contribution in [0.3, 0.4) is 0 Å². The van der Waals surface area contributed by atoms with Crippen LogP contribution in [0.1, 0.15) is 21.5 Å². The van der Waals surface area contributed by atoms with E-state index in [0.717, 1.165) is 15.6 Å². The zero-order valence-electron chi connectivity index (χ0n) is 10.4. The molecule has 1 N–H and O–H groups in total. The molecular weight excluding hydrogens is 304 g/mol. The highest BCUT2D eigenvalue weighted by Crippen LogP contribution is 2.10. The highest BCUT2D eigenvalue weighted by molar-refractivity contribution is 9.10. The molecule has 1 amide bonds. The van der Waals surface area contributed by atoms with Crippen molar-refractivity contribution in [2.24, 2.45) is 5.10 Å². The van der Waals surface area contributed by atoms with Gasteiger partial charge in [-0.1, -0.05) is 40.2 Å².